The van der Waals surface area contributed by atoms with E-state index in [9.17, 15) is 4.79 Å². The number of nitrogens with zero attached hydrogens (tertiary/aromatic N) is 2. The number of aromatic nitrogens is 2. The Hall–Kier alpha value is -2.14. The first kappa shape index (κ1) is 14.8. The lowest BCUT2D eigenvalue weighted by Gasteiger charge is -2.20. The van der Waals surface area contributed by atoms with Gasteiger partial charge in [0.15, 0.2) is 0 Å². The highest BCUT2D eigenvalue weighted by atomic mass is 16.5. The maximum atomic E-state index is 12.3. The van der Waals surface area contributed by atoms with Gasteiger partial charge in [-0.25, -0.2) is 5.10 Å². The van der Waals surface area contributed by atoms with Crippen LogP contribution in [0.5, 0.6) is 0 Å². The van der Waals surface area contributed by atoms with Gasteiger partial charge in [-0.3, -0.25) is 4.79 Å². The maximum Gasteiger partial charge on any atom is 0.274 e. The van der Waals surface area contributed by atoms with E-state index in [4.69, 9.17) is 4.74 Å². The van der Waals surface area contributed by atoms with Gasteiger partial charge in [-0.1, -0.05) is 24.3 Å². The third-order valence-electron chi connectivity index (χ3n) is 4.31. The lowest BCUT2D eigenvalue weighted by atomic mass is 10.0. The largest absolute Gasteiger partial charge is 0.377 e. The van der Waals surface area contributed by atoms with Gasteiger partial charge in [0, 0.05) is 20.2 Å². The first-order valence-electron chi connectivity index (χ1n) is 7.66. The zero-order chi connectivity index (χ0) is 15.5. The molecule has 1 aliphatic rings. The molecule has 116 valence electrons. The maximum absolute atomic E-state index is 12.3. The van der Waals surface area contributed by atoms with E-state index in [0.717, 1.165) is 42.7 Å². The predicted octanol–water partition coefficient (Wildman–Crippen LogP) is 2.74. The Morgan fingerprint density at radius 1 is 1.23 bits per heavy atom. The van der Waals surface area contributed by atoms with Crippen molar-refractivity contribution in [2.45, 2.75) is 25.9 Å². The van der Waals surface area contributed by atoms with Gasteiger partial charge in [-0.15, -0.1) is 0 Å². The van der Waals surface area contributed by atoms with Gasteiger partial charge in [0.25, 0.3) is 5.56 Å². The summed E-state index contributed by atoms with van der Waals surface area (Å²) in [5, 5.41) is 6.53. The molecule has 0 bridgehead atoms. The van der Waals surface area contributed by atoms with Crippen LogP contribution < -0.4 is 10.5 Å². The first-order chi connectivity index (χ1) is 10.7. The lowest BCUT2D eigenvalue weighted by molar-refractivity contribution is 0.119. The number of hydrogen-bond donors (Lipinski definition) is 1. The summed E-state index contributed by atoms with van der Waals surface area (Å²) in [7, 11) is 1.69. The molecule has 1 aromatic heterocycles. The summed E-state index contributed by atoms with van der Waals surface area (Å²) < 4.78 is 5.32. The molecule has 5 nitrogen and oxygen atoms in total. The Morgan fingerprint density at radius 2 is 1.91 bits per heavy atom. The van der Waals surface area contributed by atoms with E-state index >= 15 is 0 Å². The Morgan fingerprint density at radius 3 is 2.55 bits per heavy atom. The van der Waals surface area contributed by atoms with Gasteiger partial charge in [-0.2, -0.15) is 5.10 Å². The summed E-state index contributed by atoms with van der Waals surface area (Å²) in [6.45, 7) is 3.97. The molecule has 0 saturated carbocycles. The summed E-state index contributed by atoms with van der Waals surface area (Å²) in [4.78, 5) is 14.5. The zero-order valence-electron chi connectivity index (χ0n) is 13.0. The molecule has 0 amide bonds. The number of methoxy groups -OCH3 is 1. The summed E-state index contributed by atoms with van der Waals surface area (Å²) in [5.41, 5.74) is 3.50. The van der Waals surface area contributed by atoms with Gasteiger partial charge in [0.2, 0.25) is 0 Å². The van der Waals surface area contributed by atoms with Crippen molar-refractivity contribution in [1.29, 1.82) is 0 Å². The minimum absolute atomic E-state index is 0.0443. The number of nitrogens with one attached hydrogen (secondary N) is 1. The van der Waals surface area contributed by atoms with Crippen molar-refractivity contribution in [2.75, 3.05) is 25.1 Å². The van der Waals surface area contributed by atoms with Gasteiger partial charge in [-0.05, 0) is 30.9 Å². The number of anilines is 1. The normalized spacial score (nSPS) is 16.0. The Bertz CT molecular complexity index is 688. The minimum atomic E-state index is -0.142. The van der Waals surface area contributed by atoms with Gasteiger partial charge in [0.1, 0.15) is 0 Å². The minimum Gasteiger partial charge on any atom is -0.377 e. The monoisotopic (exact) mass is 299 g/mol. The van der Waals surface area contributed by atoms with E-state index in [0.29, 0.717) is 5.56 Å². The summed E-state index contributed by atoms with van der Waals surface area (Å²) in [5.74, 6) is 0. The zero-order valence-corrected chi connectivity index (χ0v) is 13.0. The molecule has 1 saturated heterocycles. The summed E-state index contributed by atoms with van der Waals surface area (Å²) >= 11 is 0. The molecule has 0 spiro atoms. The van der Waals surface area contributed by atoms with Crippen LogP contribution in [0.15, 0.2) is 35.3 Å². The number of aromatic amines is 1. The van der Waals surface area contributed by atoms with Crippen LogP contribution in [0.1, 0.15) is 31.4 Å². The van der Waals surface area contributed by atoms with Crippen molar-refractivity contribution in [1.82, 2.24) is 10.2 Å². The van der Waals surface area contributed by atoms with Crippen LogP contribution in [0.25, 0.3) is 11.1 Å². The van der Waals surface area contributed by atoms with Crippen LogP contribution in [0, 0.1) is 0 Å². The van der Waals surface area contributed by atoms with Crippen molar-refractivity contribution >= 4 is 5.69 Å². The smallest absolute Gasteiger partial charge is 0.274 e. The fourth-order valence-corrected chi connectivity index (χ4v) is 2.92. The fraction of sp³-hybridized carbons (Fsp3) is 0.412. The van der Waals surface area contributed by atoms with Gasteiger partial charge < -0.3 is 9.64 Å². The molecule has 0 unspecified atom stereocenters. The van der Waals surface area contributed by atoms with E-state index < -0.39 is 0 Å². The highest BCUT2D eigenvalue weighted by Gasteiger charge is 2.19. The lowest BCUT2D eigenvalue weighted by Crippen LogP contribution is -2.23. The molecule has 1 fully saturated rings. The number of benzene rings is 1. The second kappa shape index (κ2) is 6.32. The highest BCUT2D eigenvalue weighted by Crippen LogP contribution is 2.30. The SMILES string of the molecule is CO[C@H](C)c1ccc(-c2c(N3CCCC3)cn[nH]c2=O)cc1. The molecule has 1 atom stereocenters. The van der Waals surface area contributed by atoms with Crippen LogP contribution in [0.4, 0.5) is 5.69 Å². The average Bonchev–Trinajstić information content (AvgIpc) is 3.08. The predicted molar refractivity (Wildman–Crippen MR) is 87.2 cm³/mol. The fourth-order valence-electron chi connectivity index (χ4n) is 2.92. The van der Waals surface area contributed by atoms with E-state index in [1.807, 2.05) is 31.2 Å². The molecule has 5 heteroatoms. The third-order valence-corrected chi connectivity index (χ3v) is 4.31. The highest BCUT2D eigenvalue weighted by molar-refractivity contribution is 5.77. The van der Waals surface area contributed by atoms with Crippen LogP contribution in [0.3, 0.4) is 0 Å². The van der Waals surface area contributed by atoms with Crippen LogP contribution in [-0.4, -0.2) is 30.4 Å². The molecule has 22 heavy (non-hydrogen) atoms. The number of rotatable bonds is 4. The van der Waals surface area contributed by atoms with Gasteiger partial charge >= 0.3 is 0 Å². The molecule has 1 aliphatic heterocycles. The van der Waals surface area contributed by atoms with Crippen molar-refractivity contribution in [3.63, 3.8) is 0 Å². The van der Waals surface area contributed by atoms with Crippen LogP contribution >= 0.6 is 0 Å². The van der Waals surface area contributed by atoms with E-state index in [-0.39, 0.29) is 11.7 Å². The molecule has 2 heterocycles. The second-order valence-corrected chi connectivity index (χ2v) is 5.65. The first-order valence-corrected chi connectivity index (χ1v) is 7.66. The Kier molecular flexibility index (Phi) is 4.24. The topological polar surface area (TPSA) is 58.2 Å². The standard InChI is InChI=1S/C17H21N3O2/c1-12(22-2)13-5-7-14(8-6-13)16-15(11-18-19-17(16)21)20-9-3-4-10-20/h5-8,11-12H,3-4,9-10H2,1-2H3,(H,19,21)/t12-/m1/s1. The molecule has 3 rings (SSSR count). The number of ether oxygens (including phenoxy) is 1. The van der Waals surface area contributed by atoms with E-state index in [2.05, 4.69) is 15.1 Å². The van der Waals surface area contributed by atoms with Gasteiger partial charge in [0.05, 0.1) is 23.6 Å². The number of hydrogen-bond acceptors (Lipinski definition) is 4. The Balaban J connectivity index is 2.02. The Labute approximate surface area is 129 Å². The molecule has 0 aliphatic carbocycles. The van der Waals surface area contributed by atoms with Crippen LogP contribution in [0.2, 0.25) is 0 Å². The molecular weight excluding hydrogens is 278 g/mol. The van der Waals surface area contributed by atoms with E-state index in [1.54, 1.807) is 13.3 Å². The molecule has 0 radical (unpaired) electrons. The third kappa shape index (κ3) is 2.76. The van der Waals surface area contributed by atoms with Crippen LogP contribution in [-0.2, 0) is 4.74 Å². The second-order valence-electron chi connectivity index (χ2n) is 5.65. The molecule has 1 aromatic carbocycles. The van der Waals surface area contributed by atoms with Crippen molar-refractivity contribution in [3.8, 4) is 11.1 Å². The average molecular weight is 299 g/mol. The van der Waals surface area contributed by atoms with Crippen molar-refractivity contribution in [2.24, 2.45) is 0 Å². The quantitative estimate of drug-likeness (QED) is 0.943. The molecular formula is C17H21N3O2. The summed E-state index contributed by atoms with van der Waals surface area (Å²) in [6.07, 6.45) is 4.13. The molecule has 1 N–H and O–H groups in total. The number of H-pyrrole nitrogens is 1. The van der Waals surface area contributed by atoms with Crippen molar-refractivity contribution < 1.29 is 4.74 Å². The van der Waals surface area contributed by atoms with E-state index in [1.165, 1.54) is 0 Å². The van der Waals surface area contributed by atoms with Crippen molar-refractivity contribution in [3.05, 3.63) is 46.4 Å². The summed E-state index contributed by atoms with van der Waals surface area (Å²) in [6, 6.07) is 7.98. The molecule has 2 aromatic rings.